The van der Waals surface area contributed by atoms with E-state index in [4.69, 9.17) is 11.6 Å². The van der Waals surface area contributed by atoms with Crippen LogP contribution in [0.3, 0.4) is 0 Å². The Morgan fingerprint density at radius 1 is 1.55 bits per heavy atom. The van der Waals surface area contributed by atoms with E-state index in [-0.39, 0.29) is 16.8 Å². The molecule has 1 aromatic rings. The fraction of sp³-hybridized carbons (Fsp3) is 0.571. The Balaban J connectivity index is 2.09. The van der Waals surface area contributed by atoms with Crippen LogP contribution in [0.1, 0.15) is 25.3 Å². The van der Waals surface area contributed by atoms with Crippen LogP contribution in [0.4, 0.5) is 19.0 Å². The lowest BCUT2D eigenvalue weighted by Crippen LogP contribution is -2.41. The van der Waals surface area contributed by atoms with Gasteiger partial charge in [0.15, 0.2) is 0 Å². The predicted molar refractivity (Wildman–Crippen MR) is 77.9 cm³/mol. The highest BCUT2D eigenvalue weighted by atomic mass is 35.5. The zero-order chi connectivity index (χ0) is 16.3. The van der Waals surface area contributed by atoms with E-state index < -0.39 is 11.7 Å². The molecule has 1 N–H and O–H groups in total. The summed E-state index contributed by atoms with van der Waals surface area (Å²) < 4.78 is 37.9. The number of amides is 1. The molecule has 0 radical (unpaired) electrons. The molecule has 1 unspecified atom stereocenters. The largest absolute Gasteiger partial charge is 0.417 e. The second-order valence-electron chi connectivity index (χ2n) is 5.42. The van der Waals surface area contributed by atoms with Gasteiger partial charge in [0.05, 0.1) is 10.6 Å². The highest BCUT2D eigenvalue weighted by Gasteiger charge is 2.32. The minimum Gasteiger partial charge on any atom is -0.356 e. The molecule has 1 atom stereocenters. The van der Waals surface area contributed by atoms with Crippen molar-refractivity contribution in [2.45, 2.75) is 25.9 Å². The number of rotatable bonds is 3. The van der Waals surface area contributed by atoms with Gasteiger partial charge in [-0.25, -0.2) is 4.98 Å². The molecular formula is C14H17ClF3N3O. The van der Waals surface area contributed by atoms with Gasteiger partial charge in [0, 0.05) is 32.8 Å². The van der Waals surface area contributed by atoms with Crippen LogP contribution in [0.2, 0.25) is 5.02 Å². The number of nitrogens with zero attached hydrogens (tertiary/aromatic N) is 2. The summed E-state index contributed by atoms with van der Waals surface area (Å²) in [6.07, 6.45) is -1.82. The second-order valence-corrected chi connectivity index (χ2v) is 5.83. The topological polar surface area (TPSA) is 45.2 Å². The highest BCUT2D eigenvalue weighted by molar-refractivity contribution is 6.33. The number of nitrogens with one attached hydrogen (secondary N) is 1. The number of carbonyl (C=O) groups excluding carboxylic acids is 1. The van der Waals surface area contributed by atoms with Gasteiger partial charge in [0.1, 0.15) is 5.82 Å². The van der Waals surface area contributed by atoms with Gasteiger partial charge in [0.25, 0.3) is 0 Å². The lowest BCUT2D eigenvalue weighted by molar-refractivity contribution is -0.137. The fourth-order valence-corrected chi connectivity index (χ4v) is 2.82. The number of alkyl halides is 3. The first-order valence-electron chi connectivity index (χ1n) is 6.99. The SMILES string of the molecule is CC(=O)NCC1CCCN(c2ncc(C(F)(F)F)cc2Cl)C1. The van der Waals surface area contributed by atoms with Crippen molar-refractivity contribution in [2.75, 3.05) is 24.5 Å². The summed E-state index contributed by atoms with van der Waals surface area (Å²) in [5.41, 5.74) is -0.854. The molecule has 0 aromatic carbocycles. The van der Waals surface area contributed by atoms with Crippen LogP contribution in [-0.4, -0.2) is 30.5 Å². The highest BCUT2D eigenvalue weighted by Crippen LogP contribution is 2.34. The molecule has 2 rings (SSSR count). The molecule has 4 nitrogen and oxygen atoms in total. The van der Waals surface area contributed by atoms with Gasteiger partial charge in [-0.2, -0.15) is 13.2 Å². The van der Waals surface area contributed by atoms with E-state index in [0.29, 0.717) is 25.5 Å². The molecule has 8 heteroatoms. The number of hydrogen-bond acceptors (Lipinski definition) is 3. The van der Waals surface area contributed by atoms with Gasteiger partial charge in [-0.05, 0) is 24.8 Å². The minimum atomic E-state index is -4.45. The number of anilines is 1. The Morgan fingerprint density at radius 3 is 2.86 bits per heavy atom. The van der Waals surface area contributed by atoms with Gasteiger partial charge in [-0.1, -0.05) is 11.6 Å². The van der Waals surface area contributed by atoms with E-state index in [1.807, 2.05) is 4.90 Å². The summed E-state index contributed by atoms with van der Waals surface area (Å²) in [7, 11) is 0. The van der Waals surface area contributed by atoms with Crippen molar-refractivity contribution >= 4 is 23.3 Å². The van der Waals surface area contributed by atoms with Gasteiger partial charge >= 0.3 is 6.18 Å². The maximum Gasteiger partial charge on any atom is 0.417 e. The molecule has 1 aliphatic rings. The van der Waals surface area contributed by atoms with Crippen LogP contribution in [0.15, 0.2) is 12.3 Å². The molecule has 1 saturated heterocycles. The van der Waals surface area contributed by atoms with Crippen LogP contribution in [-0.2, 0) is 11.0 Å². The average Bonchev–Trinajstić information content (AvgIpc) is 2.44. The normalized spacial score (nSPS) is 19.1. The number of piperidine rings is 1. The van der Waals surface area contributed by atoms with Gasteiger partial charge in [-0.15, -0.1) is 0 Å². The van der Waals surface area contributed by atoms with Crippen molar-refractivity contribution < 1.29 is 18.0 Å². The van der Waals surface area contributed by atoms with Crippen molar-refractivity contribution in [2.24, 2.45) is 5.92 Å². The minimum absolute atomic E-state index is 0.00463. The van der Waals surface area contributed by atoms with Crippen molar-refractivity contribution in [1.29, 1.82) is 0 Å². The molecule has 122 valence electrons. The first-order chi connectivity index (χ1) is 10.3. The van der Waals surface area contributed by atoms with E-state index in [2.05, 4.69) is 10.3 Å². The Labute approximate surface area is 131 Å². The number of pyridine rings is 1. The van der Waals surface area contributed by atoms with Crippen molar-refractivity contribution in [1.82, 2.24) is 10.3 Å². The van der Waals surface area contributed by atoms with Crippen LogP contribution < -0.4 is 10.2 Å². The summed E-state index contributed by atoms with van der Waals surface area (Å²) in [5, 5.41) is 2.76. The number of carbonyl (C=O) groups is 1. The average molecular weight is 336 g/mol. The van der Waals surface area contributed by atoms with Crippen molar-refractivity contribution in [3.05, 3.63) is 22.8 Å². The first-order valence-corrected chi connectivity index (χ1v) is 7.37. The Hall–Kier alpha value is -1.50. The lowest BCUT2D eigenvalue weighted by atomic mass is 9.98. The summed E-state index contributed by atoms with van der Waals surface area (Å²) >= 11 is 5.97. The quantitative estimate of drug-likeness (QED) is 0.923. The van der Waals surface area contributed by atoms with Crippen molar-refractivity contribution in [3.63, 3.8) is 0 Å². The summed E-state index contributed by atoms with van der Waals surface area (Å²) in [6.45, 7) is 3.30. The smallest absolute Gasteiger partial charge is 0.356 e. The zero-order valence-electron chi connectivity index (χ0n) is 12.1. The second kappa shape index (κ2) is 6.73. The molecule has 22 heavy (non-hydrogen) atoms. The van der Waals surface area contributed by atoms with E-state index in [9.17, 15) is 18.0 Å². The predicted octanol–water partition coefficient (Wildman–Crippen LogP) is 3.11. The van der Waals surface area contributed by atoms with Crippen molar-refractivity contribution in [3.8, 4) is 0 Å². The Bertz CT molecular complexity index is 551. The number of halogens is 4. The maximum atomic E-state index is 12.6. The summed E-state index contributed by atoms with van der Waals surface area (Å²) in [4.78, 5) is 16.7. The Morgan fingerprint density at radius 2 is 2.27 bits per heavy atom. The summed E-state index contributed by atoms with van der Waals surface area (Å²) in [6, 6.07) is 0.904. The van der Waals surface area contributed by atoms with Gasteiger partial charge < -0.3 is 10.2 Å². The van der Waals surface area contributed by atoms with E-state index in [1.165, 1.54) is 6.92 Å². The molecule has 0 saturated carbocycles. The van der Waals surface area contributed by atoms with E-state index >= 15 is 0 Å². The van der Waals surface area contributed by atoms with Crippen LogP contribution >= 0.6 is 11.6 Å². The maximum absolute atomic E-state index is 12.6. The number of hydrogen-bond donors (Lipinski definition) is 1. The number of aromatic nitrogens is 1. The first kappa shape index (κ1) is 16.9. The molecule has 0 aliphatic carbocycles. The molecule has 1 fully saturated rings. The molecule has 1 aliphatic heterocycles. The van der Waals surface area contributed by atoms with Crippen LogP contribution in [0.5, 0.6) is 0 Å². The monoisotopic (exact) mass is 335 g/mol. The molecule has 0 bridgehead atoms. The summed E-state index contributed by atoms with van der Waals surface area (Å²) in [5.74, 6) is 0.503. The zero-order valence-corrected chi connectivity index (χ0v) is 12.8. The third-order valence-corrected chi connectivity index (χ3v) is 3.89. The molecule has 0 spiro atoms. The fourth-order valence-electron chi connectivity index (χ4n) is 2.53. The van der Waals surface area contributed by atoms with Crippen LogP contribution in [0, 0.1) is 5.92 Å². The molecule has 1 amide bonds. The standard InChI is InChI=1S/C14H17ClF3N3O/c1-9(22)19-6-10-3-2-4-21(8-10)13-12(15)5-11(7-20-13)14(16,17)18/h5,7,10H,2-4,6,8H2,1H3,(H,19,22). The van der Waals surface area contributed by atoms with Gasteiger partial charge in [0.2, 0.25) is 5.91 Å². The third-order valence-electron chi connectivity index (χ3n) is 3.61. The van der Waals surface area contributed by atoms with Gasteiger partial charge in [-0.3, -0.25) is 4.79 Å². The Kier molecular flexibility index (Phi) is 5.16. The lowest BCUT2D eigenvalue weighted by Gasteiger charge is -2.34. The van der Waals surface area contributed by atoms with E-state index in [0.717, 1.165) is 25.1 Å². The molecular weight excluding hydrogens is 319 g/mol. The van der Waals surface area contributed by atoms with Crippen LogP contribution in [0.25, 0.3) is 0 Å². The molecule has 1 aromatic heterocycles. The third kappa shape index (κ3) is 4.25. The molecule has 2 heterocycles. The van der Waals surface area contributed by atoms with E-state index in [1.54, 1.807) is 0 Å².